The first kappa shape index (κ1) is 23.5. The summed E-state index contributed by atoms with van der Waals surface area (Å²) in [6.07, 6.45) is 7.60. The fraction of sp³-hybridized carbons (Fsp3) is 0.135. The minimum absolute atomic E-state index is 0.0147. The summed E-state index contributed by atoms with van der Waals surface area (Å²) in [5.41, 5.74) is 19.5. The highest BCUT2D eigenvalue weighted by Gasteiger charge is 2.34. The Kier molecular flexibility index (Phi) is 5.12. The summed E-state index contributed by atoms with van der Waals surface area (Å²) in [6, 6.07) is 30.8. The number of aromatic nitrogens is 1. The van der Waals surface area contributed by atoms with Gasteiger partial charge in [-0.05, 0) is 88.7 Å². The second-order valence-electron chi connectivity index (χ2n) is 11.3. The van der Waals surface area contributed by atoms with Gasteiger partial charge in [-0.1, -0.05) is 92.8 Å². The van der Waals surface area contributed by atoms with Crippen molar-refractivity contribution in [3.05, 3.63) is 125 Å². The van der Waals surface area contributed by atoms with E-state index in [0.717, 1.165) is 17.8 Å². The van der Waals surface area contributed by atoms with Gasteiger partial charge in [0.1, 0.15) is 0 Å². The number of nitrogens with two attached hydrogens (primary N) is 1. The number of hydrogen-bond acceptors (Lipinski definition) is 1. The summed E-state index contributed by atoms with van der Waals surface area (Å²) in [4.78, 5) is 0. The number of hydrogen-bond donors (Lipinski definition) is 1. The molecule has 1 heterocycles. The first-order valence-electron chi connectivity index (χ1n) is 13.7. The number of allylic oxidation sites excluding steroid dienone is 3. The molecule has 0 amide bonds. The average Bonchev–Trinajstić information content (AvgIpc) is 3.59. The largest absolute Gasteiger partial charge is 0.399 e. The van der Waals surface area contributed by atoms with Crippen molar-refractivity contribution < 1.29 is 0 Å². The molecule has 39 heavy (non-hydrogen) atoms. The van der Waals surface area contributed by atoms with Crippen LogP contribution < -0.4 is 16.3 Å². The molecule has 0 saturated carbocycles. The molecule has 1 aromatic heterocycles. The van der Waals surface area contributed by atoms with Gasteiger partial charge in [-0.15, -0.1) is 0 Å². The van der Waals surface area contributed by atoms with Crippen molar-refractivity contribution in [2.75, 3.05) is 5.73 Å². The van der Waals surface area contributed by atoms with Crippen molar-refractivity contribution >= 4 is 34.3 Å². The lowest BCUT2D eigenvalue weighted by molar-refractivity contribution is 0.639. The number of rotatable bonds is 4. The van der Waals surface area contributed by atoms with Crippen LogP contribution in [0.3, 0.4) is 0 Å². The lowest BCUT2D eigenvalue weighted by Gasteiger charge is -2.23. The summed E-state index contributed by atoms with van der Waals surface area (Å²) in [5.74, 6) is 0. The Hall–Kier alpha value is -4.56. The van der Waals surface area contributed by atoms with Gasteiger partial charge in [0, 0.05) is 27.4 Å². The third kappa shape index (κ3) is 3.48. The first-order valence-corrected chi connectivity index (χ1v) is 13.7. The monoisotopic (exact) mass is 504 g/mol. The van der Waals surface area contributed by atoms with E-state index in [1.165, 1.54) is 66.0 Å². The van der Waals surface area contributed by atoms with E-state index >= 15 is 0 Å². The molecule has 0 spiro atoms. The molecule has 2 aliphatic carbocycles. The van der Waals surface area contributed by atoms with Gasteiger partial charge in [0.05, 0.1) is 10.9 Å². The molecule has 5 aromatic rings. The van der Waals surface area contributed by atoms with Crippen LogP contribution in [0.15, 0.2) is 103 Å². The van der Waals surface area contributed by atoms with Crippen LogP contribution in [-0.4, -0.2) is 4.57 Å². The Labute approximate surface area is 229 Å². The van der Waals surface area contributed by atoms with Gasteiger partial charge < -0.3 is 10.3 Å². The molecule has 7 rings (SSSR count). The molecule has 2 nitrogen and oxygen atoms in total. The van der Waals surface area contributed by atoms with Crippen molar-refractivity contribution in [3.8, 4) is 27.9 Å². The Morgan fingerprint density at radius 3 is 2.23 bits per heavy atom. The van der Waals surface area contributed by atoms with Crippen molar-refractivity contribution in [2.45, 2.75) is 32.6 Å². The zero-order valence-electron chi connectivity index (χ0n) is 22.8. The van der Waals surface area contributed by atoms with Crippen molar-refractivity contribution in [1.82, 2.24) is 4.57 Å². The molecular weight excluding hydrogens is 472 g/mol. The predicted molar refractivity (Wildman–Crippen MR) is 167 cm³/mol. The molecule has 2 aliphatic rings. The summed E-state index contributed by atoms with van der Waals surface area (Å²) in [5, 5.41) is 3.85. The standard InChI is InChI=1S/C37H32N2/c1-5-30-23(2)37(3,4)34-21-27(16-18-31(30)34)25-14-12-24(13-15-25)26-17-19-36-33(20-26)32-10-7-11-35(32)39(36)29-9-6-8-28(38)22-29/h5-6,8-22H,1,7,38H2,2-4H3. The zero-order valence-corrected chi connectivity index (χ0v) is 22.8. The van der Waals surface area contributed by atoms with Crippen molar-refractivity contribution in [3.63, 3.8) is 0 Å². The van der Waals surface area contributed by atoms with E-state index in [4.69, 9.17) is 5.73 Å². The molecule has 0 unspecified atom stereocenters. The van der Waals surface area contributed by atoms with Crippen LogP contribution in [0.1, 0.15) is 38.3 Å². The van der Waals surface area contributed by atoms with Gasteiger partial charge in [-0.2, -0.15) is 0 Å². The van der Waals surface area contributed by atoms with Gasteiger partial charge in [-0.3, -0.25) is 0 Å². The molecule has 0 aliphatic heterocycles. The summed E-state index contributed by atoms with van der Waals surface area (Å²) in [7, 11) is 0. The zero-order chi connectivity index (χ0) is 26.9. The molecule has 4 aromatic carbocycles. The third-order valence-corrected chi connectivity index (χ3v) is 8.89. The second-order valence-corrected chi connectivity index (χ2v) is 11.3. The normalized spacial score (nSPS) is 15.2. The minimum Gasteiger partial charge on any atom is -0.399 e. The molecule has 0 saturated heterocycles. The maximum Gasteiger partial charge on any atom is 0.0541 e. The highest BCUT2D eigenvalue weighted by atomic mass is 15.0. The van der Waals surface area contributed by atoms with Crippen LogP contribution in [0.4, 0.5) is 5.69 Å². The Morgan fingerprint density at radius 2 is 1.51 bits per heavy atom. The summed E-state index contributed by atoms with van der Waals surface area (Å²) < 4.78 is 2.33. The first-order chi connectivity index (χ1) is 18.9. The maximum absolute atomic E-state index is 6.13. The summed E-state index contributed by atoms with van der Waals surface area (Å²) >= 11 is 0. The molecule has 0 atom stereocenters. The van der Waals surface area contributed by atoms with Crippen LogP contribution in [0, 0.1) is 0 Å². The van der Waals surface area contributed by atoms with Gasteiger partial charge in [0.25, 0.3) is 0 Å². The summed E-state index contributed by atoms with van der Waals surface area (Å²) in [6.45, 7) is 10.9. The van der Waals surface area contributed by atoms with E-state index in [9.17, 15) is 0 Å². The van der Waals surface area contributed by atoms with Crippen LogP contribution in [0.25, 0.3) is 56.6 Å². The molecule has 0 fully saturated rings. The molecule has 0 radical (unpaired) electrons. The highest BCUT2D eigenvalue weighted by Crippen LogP contribution is 2.47. The fourth-order valence-corrected chi connectivity index (χ4v) is 6.50. The predicted octanol–water partition coefficient (Wildman–Crippen LogP) is 7.76. The van der Waals surface area contributed by atoms with E-state index in [0.29, 0.717) is 0 Å². The lowest BCUT2D eigenvalue weighted by atomic mass is 9.81. The van der Waals surface area contributed by atoms with Gasteiger partial charge in [-0.25, -0.2) is 0 Å². The average molecular weight is 505 g/mol. The van der Waals surface area contributed by atoms with E-state index in [-0.39, 0.29) is 5.41 Å². The van der Waals surface area contributed by atoms with Crippen LogP contribution in [-0.2, 0) is 5.41 Å². The molecule has 2 N–H and O–H groups in total. The van der Waals surface area contributed by atoms with E-state index in [1.807, 2.05) is 24.3 Å². The molecular formula is C37H32N2. The van der Waals surface area contributed by atoms with Crippen LogP contribution in [0.2, 0.25) is 0 Å². The fourth-order valence-electron chi connectivity index (χ4n) is 6.50. The topological polar surface area (TPSA) is 30.9 Å². The number of nitrogens with zero attached hydrogens (tertiary/aromatic N) is 1. The van der Waals surface area contributed by atoms with Gasteiger partial charge >= 0.3 is 0 Å². The number of benzene rings is 4. The van der Waals surface area contributed by atoms with E-state index < -0.39 is 0 Å². The molecule has 190 valence electrons. The maximum atomic E-state index is 6.13. The third-order valence-electron chi connectivity index (χ3n) is 8.89. The second kappa shape index (κ2) is 8.47. The number of nitrogen functional groups attached to an aromatic ring is 1. The quantitative estimate of drug-likeness (QED) is 0.249. The van der Waals surface area contributed by atoms with E-state index in [1.54, 1.807) is 0 Å². The smallest absolute Gasteiger partial charge is 0.0541 e. The number of fused-ring (bicyclic) bond motifs is 4. The van der Waals surface area contributed by atoms with Gasteiger partial charge in [0.15, 0.2) is 0 Å². The Morgan fingerprint density at radius 1 is 0.821 bits per heavy atom. The number of anilines is 1. The lowest BCUT2D eigenvalue weighted by Crippen LogP contribution is -2.25. The van der Waals surface area contributed by atoms with Crippen LogP contribution in [0.5, 0.6) is 0 Å². The van der Waals surface area contributed by atoms with Crippen molar-refractivity contribution in [1.29, 1.82) is 0 Å². The SMILES string of the molecule is C=CC1=C(C)C(C)(C)c2cc(-c3ccc(-c4ccc5c(c4)c4c(n5-c5cccc(N)c5)=CCC=4)cc3)ccc21. The van der Waals surface area contributed by atoms with Crippen LogP contribution >= 0.6 is 0 Å². The van der Waals surface area contributed by atoms with Gasteiger partial charge in [0.2, 0.25) is 0 Å². The Balaban J connectivity index is 1.27. The highest BCUT2D eigenvalue weighted by molar-refractivity contribution is 5.90. The van der Waals surface area contributed by atoms with Crippen molar-refractivity contribution in [2.24, 2.45) is 0 Å². The molecule has 0 bridgehead atoms. The minimum atomic E-state index is 0.0147. The Bertz CT molecular complexity index is 1980. The van der Waals surface area contributed by atoms with E-state index in [2.05, 4.69) is 111 Å². The molecule has 2 heteroatoms.